The van der Waals surface area contributed by atoms with Crippen LogP contribution in [0.1, 0.15) is 6.92 Å². The van der Waals surface area contributed by atoms with Crippen molar-refractivity contribution in [1.29, 1.82) is 21.0 Å². The average Bonchev–Trinajstić information content (AvgIpc) is 2.48. The van der Waals surface area contributed by atoms with Crippen LogP contribution in [0.15, 0.2) is 46.1 Å². The van der Waals surface area contributed by atoms with E-state index in [0.29, 0.717) is 6.92 Å². The van der Waals surface area contributed by atoms with E-state index in [4.69, 9.17) is 21.0 Å². The Bertz CT molecular complexity index is 707. The second kappa shape index (κ2) is 7.94. The van der Waals surface area contributed by atoms with E-state index in [1.54, 1.807) is 0 Å². The maximum absolute atomic E-state index is 13.8. The summed E-state index contributed by atoms with van der Waals surface area (Å²) in [5, 5.41) is 33.9. The minimum atomic E-state index is -2.08. The molecular formula is C13H4F4N4. The molecule has 0 saturated heterocycles. The van der Waals surface area contributed by atoms with Gasteiger partial charge in [0.15, 0.2) is 17.5 Å². The minimum Gasteiger partial charge on any atom is -0.209 e. The third-order valence-electron chi connectivity index (χ3n) is 1.94. The number of nitrogens with zero attached hydrogens (tertiary/aromatic N) is 4. The number of hydrogen-bond donors (Lipinski definition) is 0. The average molecular weight is 292 g/mol. The number of halogens is 4. The molecule has 0 aliphatic heterocycles. The second-order valence-electron chi connectivity index (χ2n) is 3.26. The highest BCUT2D eigenvalue weighted by Crippen LogP contribution is 2.31. The lowest BCUT2D eigenvalue weighted by atomic mass is 10.1. The highest BCUT2D eigenvalue weighted by Gasteiger charge is 2.23. The van der Waals surface area contributed by atoms with Crippen LogP contribution in [0.3, 0.4) is 0 Å². The Labute approximate surface area is 117 Å². The van der Waals surface area contributed by atoms with Gasteiger partial charge < -0.3 is 0 Å². The van der Waals surface area contributed by atoms with Crippen molar-refractivity contribution >= 4 is 0 Å². The first-order valence-electron chi connectivity index (χ1n) is 4.98. The molecule has 0 aromatic heterocycles. The van der Waals surface area contributed by atoms with Crippen molar-refractivity contribution in [3.8, 4) is 24.3 Å². The SMILES string of the molecule is C/C(F)=C(/F)C(=C(C#N)C#N)/C(F)=C(/F)C=C(C#N)C#N. The van der Waals surface area contributed by atoms with Crippen molar-refractivity contribution in [3.05, 3.63) is 46.1 Å². The molecular weight excluding hydrogens is 288 g/mol. The monoisotopic (exact) mass is 292 g/mol. The third kappa shape index (κ3) is 4.35. The number of hydrogen-bond acceptors (Lipinski definition) is 4. The first-order chi connectivity index (χ1) is 9.83. The smallest absolute Gasteiger partial charge is 0.171 e. The summed E-state index contributed by atoms with van der Waals surface area (Å²) in [4.78, 5) is 0. The van der Waals surface area contributed by atoms with E-state index in [9.17, 15) is 17.6 Å². The van der Waals surface area contributed by atoms with Crippen molar-refractivity contribution in [1.82, 2.24) is 0 Å². The Kier molecular flexibility index (Phi) is 6.67. The molecule has 0 heterocycles. The van der Waals surface area contributed by atoms with Crippen LogP contribution in [0.4, 0.5) is 17.6 Å². The van der Waals surface area contributed by atoms with E-state index in [0.717, 1.165) is 12.1 Å². The van der Waals surface area contributed by atoms with Gasteiger partial charge in [-0.25, -0.2) is 17.6 Å². The molecule has 0 spiro atoms. The summed E-state index contributed by atoms with van der Waals surface area (Å²) in [6, 6.07) is 4.62. The molecule has 0 amide bonds. The lowest BCUT2D eigenvalue weighted by Gasteiger charge is -2.03. The lowest BCUT2D eigenvalue weighted by molar-refractivity contribution is 0.518. The van der Waals surface area contributed by atoms with Crippen LogP contribution in [-0.2, 0) is 0 Å². The van der Waals surface area contributed by atoms with Gasteiger partial charge in [0.05, 0.1) is 5.57 Å². The van der Waals surface area contributed by atoms with E-state index in [1.165, 1.54) is 12.1 Å². The van der Waals surface area contributed by atoms with Crippen molar-refractivity contribution in [2.75, 3.05) is 0 Å². The van der Waals surface area contributed by atoms with Gasteiger partial charge in [-0.05, 0) is 6.92 Å². The second-order valence-corrected chi connectivity index (χ2v) is 3.26. The van der Waals surface area contributed by atoms with Crippen LogP contribution < -0.4 is 0 Å². The van der Waals surface area contributed by atoms with Crippen molar-refractivity contribution < 1.29 is 17.6 Å². The summed E-state index contributed by atoms with van der Waals surface area (Å²) < 4.78 is 53.6. The molecule has 0 aromatic carbocycles. The lowest BCUT2D eigenvalue weighted by Crippen LogP contribution is -1.95. The van der Waals surface area contributed by atoms with Crippen LogP contribution in [0, 0.1) is 45.3 Å². The van der Waals surface area contributed by atoms with Crippen LogP contribution >= 0.6 is 0 Å². The molecule has 0 saturated carbocycles. The Balaban J connectivity index is 6.51. The molecule has 0 fully saturated rings. The van der Waals surface area contributed by atoms with E-state index in [-0.39, 0.29) is 6.08 Å². The van der Waals surface area contributed by atoms with E-state index in [1.807, 2.05) is 0 Å². The summed E-state index contributed by atoms with van der Waals surface area (Å²) in [7, 11) is 0. The zero-order chi connectivity index (χ0) is 16.6. The molecule has 0 aliphatic rings. The molecule has 0 atom stereocenters. The number of allylic oxidation sites excluding steroid dienone is 8. The largest absolute Gasteiger partial charge is 0.209 e. The van der Waals surface area contributed by atoms with Crippen LogP contribution in [-0.4, -0.2) is 0 Å². The fraction of sp³-hybridized carbons (Fsp3) is 0.0769. The van der Waals surface area contributed by atoms with Crippen LogP contribution in [0.2, 0.25) is 0 Å². The van der Waals surface area contributed by atoms with Gasteiger partial charge in [-0.3, -0.25) is 0 Å². The first-order valence-corrected chi connectivity index (χ1v) is 4.98. The molecule has 0 bridgehead atoms. The van der Waals surface area contributed by atoms with Gasteiger partial charge in [0.1, 0.15) is 41.2 Å². The van der Waals surface area contributed by atoms with Crippen molar-refractivity contribution in [2.45, 2.75) is 6.92 Å². The predicted octanol–water partition coefficient (Wildman–Crippen LogP) is 3.62. The summed E-state index contributed by atoms with van der Waals surface area (Å²) in [6.07, 6.45) is 0.128. The summed E-state index contributed by atoms with van der Waals surface area (Å²) in [5.41, 5.74) is -3.58. The van der Waals surface area contributed by atoms with Gasteiger partial charge in [-0.2, -0.15) is 21.0 Å². The summed E-state index contributed by atoms with van der Waals surface area (Å²) in [6.45, 7) is 0.568. The summed E-state index contributed by atoms with van der Waals surface area (Å²) in [5.74, 6) is -7.50. The highest BCUT2D eigenvalue weighted by atomic mass is 19.2. The van der Waals surface area contributed by atoms with Crippen molar-refractivity contribution in [2.24, 2.45) is 0 Å². The molecule has 0 N–H and O–H groups in total. The molecule has 104 valence electrons. The van der Waals surface area contributed by atoms with Gasteiger partial charge in [0.25, 0.3) is 0 Å². The Morgan fingerprint density at radius 1 is 0.810 bits per heavy atom. The topological polar surface area (TPSA) is 95.2 Å². The molecule has 0 rings (SSSR count). The predicted molar refractivity (Wildman–Crippen MR) is 61.7 cm³/mol. The summed E-state index contributed by atoms with van der Waals surface area (Å²) >= 11 is 0. The Hall–Kier alpha value is -3.36. The van der Waals surface area contributed by atoms with Gasteiger partial charge in [0.2, 0.25) is 0 Å². The first kappa shape index (κ1) is 17.6. The van der Waals surface area contributed by atoms with Gasteiger partial charge in [0, 0.05) is 6.08 Å². The van der Waals surface area contributed by atoms with Crippen LogP contribution in [0.25, 0.3) is 0 Å². The van der Waals surface area contributed by atoms with Gasteiger partial charge >= 0.3 is 0 Å². The molecule has 4 nitrogen and oxygen atoms in total. The fourth-order valence-corrected chi connectivity index (χ4v) is 1.02. The fourth-order valence-electron chi connectivity index (χ4n) is 1.02. The number of nitriles is 4. The Morgan fingerprint density at radius 3 is 1.62 bits per heavy atom. The third-order valence-corrected chi connectivity index (χ3v) is 1.94. The Morgan fingerprint density at radius 2 is 1.29 bits per heavy atom. The normalized spacial score (nSPS) is 11.5. The molecule has 8 heteroatoms. The number of rotatable bonds is 3. The molecule has 0 aliphatic carbocycles. The maximum atomic E-state index is 13.8. The van der Waals surface area contributed by atoms with Gasteiger partial charge in [-0.1, -0.05) is 0 Å². The molecule has 21 heavy (non-hydrogen) atoms. The van der Waals surface area contributed by atoms with Gasteiger partial charge in [-0.15, -0.1) is 0 Å². The minimum absolute atomic E-state index is 0.128. The van der Waals surface area contributed by atoms with E-state index < -0.39 is 40.0 Å². The van der Waals surface area contributed by atoms with Crippen LogP contribution in [0.5, 0.6) is 0 Å². The zero-order valence-electron chi connectivity index (χ0n) is 10.4. The molecule has 0 radical (unpaired) electrons. The highest BCUT2D eigenvalue weighted by molar-refractivity contribution is 5.57. The molecule has 0 aromatic rings. The standard InChI is InChI=1S/C13H4F4N4/c1-7(14)12(16)11(9(5-20)6-21)13(17)10(15)2-8(3-18)4-19/h2H,1H3/b12-7-,13-10-. The molecule has 0 unspecified atom stereocenters. The van der Waals surface area contributed by atoms with Crippen molar-refractivity contribution in [3.63, 3.8) is 0 Å². The van der Waals surface area contributed by atoms with E-state index >= 15 is 0 Å². The van der Waals surface area contributed by atoms with E-state index in [2.05, 4.69) is 0 Å². The zero-order valence-corrected chi connectivity index (χ0v) is 10.4. The quantitative estimate of drug-likeness (QED) is 0.451. The maximum Gasteiger partial charge on any atom is 0.171 e.